The summed E-state index contributed by atoms with van der Waals surface area (Å²) in [7, 11) is 1.57. The molecule has 1 amide bonds. The van der Waals surface area contributed by atoms with Gasteiger partial charge in [-0.15, -0.1) is 0 Å². The molecule has 0 saturated heterocycles. The van der Waals surface area contributed by atoms with Gasteiger partial charge in [0.1, 0.15) is 29.7 Å². The quantitative estimate of drug-likeness (QED) is 0.244. The van der Waals surface area contributed by atoms with Crippen LogP contribution in [0.3, 0.4) is 0 Å². The van der Waals surface area contributed by atoms with E-state index in [-0.39, 0.29) is 5.57 Å². The molecule has 5 nitrogen and oxygen atoms in total. The minimum Gasteiger partial charge on any atom is -0.497 e. The molecule has 1 N–H and O–H groups in total. The summed E-state index contributed by atoms with van der Waals surface area (Å²) >= 11 is 6.12. The van der Waals surface area contributed by atoms with Gasteiger partial charge in [-0.1, -0.05) is 66.2 Å². The lowest BCUT2D eigenvalue weighted by molar-refractivity contribution is -0.112. The second-order valence-electron chi connectivity index (χ2n) is 7.43. The molecular formula is C28H21ClN2O3. The van der Waals surface area contributed by atoms with E-state index in [1.165, 1.54) is 6.08 Å². The third-order valence-electron chi connectivity index (χ3n) is 5.27. The van der Waals surface area contributed by atoms with E-state index in [1.807, 2.05) is 36.4 Å². The summed E-state index contributed by atoms with van der Waals surface area (Å²) < 4.78 is 11.5. The molecule has 0 bridgehead atoms. The summed E-state index contributed by atoms with van der Waals surface area (Å²) in [5, 5.41) is 14.9. The van der Waals surface area contributed by atoms with E-state index in [0.29, 0.717) is 34.4 Å². The van der Waals surface area contributed by atoms with E-state index < -0.39 is 5.91 Å². The van der Waals surface area contributed by atoms with E-state index in [0.717, 1.165) is 16.3 Å². The van der Waals surface area contributed by atoms with Crippen LogP contribution in [0.4, 0.5) is 5.69 Å². The minimum absolute atomic E-state index is 0.0832. The Hall–Kier alpha value is -4.27. The number of fused-ring (bicyclic) bond motifs is 1. The number of anilines is 1. The molecule has 0 aliphatic carbocycles. The highest BCUT2D eigenvalue weighted by molar-refractivity contribution is 6.34. The zero-order chi connectivity index (χ0) is 23.9. The number of nitrogens with one attached hydrogen (secondary N) is 1. The molecule has 34 heavy (non-hydrogen) atoms. The molecule has 0 spiro atoms. The molecule has 4 aromatic rings. The molecule has 0 saturated carbocycles. The number of hydrogen-bond acceptors (Lipinski definition) is 4. The predicted molar refractivity (Wildman–Crippen MR) is 135 cm³/mol. The number of benzene rings is 4. The first-order valence-corrected chi connectivity index (χ1v) is 10.9. The number of rotatable bonds is 7. The molecule has 0 unspecified atom stereocenters. The standard InChI is InChI=1S/C28H21ClN2O3/c1-33-23-14-13-20(15-22(17-30)28(32)31-26-12-5-4-11-25(26)29)27(16-23)34-18-21-9-6-8-19-7-2-3-10-24(19)21/h2-16H,18H2,1H3,(H,31,32)/b22-15+. The van der Waals surface area contributed by atoms with Crippen LogP contribution in [0.2, 0.25) is 5.02 Å². The van der Waals surface area contributed by atoms with Crippen LogP contribution in [0, 0.1) is 11.3 Å². The lowest BCUT2D eigenvalue weighted by Gasteiger charge is -2.13. The molecular weight excluding hydrogens is 448 g/mol. The van der Waals surface area contributed by atoms with Crippen molar-refractivity contribution in [3.05, 3.63) is 107 Å². The second-order valence-corrected chi connectivity index (χ2v) is 7.84. The molecule has 168 valence electrons. The Balaban J connectivity index is 1.62. The molecule has 0 radical (unpaired) electrons. The van der Waals surface area contributed by atoms with Crippen molar-refractivity contribution < 1.29 is 14.3 Å². The van der Waals surface area contributed by atoms with Gasteiger partial charge in [0.15, 0.2) is 0 Å². The van der Waals surface area contributed by atoms with E-state index in [4.69, 9.17) is 21.1 Å². The zero-order valence-corrected chi connectivity index (χ0v) is 19.2. The first kappa shape index (κ1) is 22.9. The topological polar surface area (TPSA) is 71.3 Å². The van der Waals surface area contributed by atoms with Crippen LogP contribution >= 0.6 is 11.6 Å². The van der Waals surface area contributed by atoms with Crippen molar-refractivity contribution in [2.75, 3.05) is 12.4 Å². The van der Waals surface area contributed by atoms with Crippen LogP contribution in [0.15, 0.2) is 90.5 Å². The molecule has 0 fully saturated rings. The van der Waals surface area contributed by atoms with E-state index in [2.05, 4.69) is 17.4 Å². The lowest BCUT2D eigenvalue weighted by Crippen LogP contribution is -2.13. The van der Waals surface area contributed by atoms with Gasteiger partial charge in [-0.2, -0.15) is 5.26 Å². The summed E-state index contributed by atoms with van der Waals surface area (Å²) in [6, 6.07) is 28.2. The van der Waals surface area contributed by atoms with Gasteiger partial charge in [-0.05, 0) is 46.7 Å². The Morgan fingerprint density at radius 3 is 2.59 bits per heavy atom. The van der Waals surface area contributed by atoms with E-state index >= 15 is 0 Å². The maximum absolute atomic E-state index is 12.7. The highest BCUT2D eigenvalue weighted by atomic mass is 35.5. The number of para-hydroxylation sites is 1. The number of carbonyl (C=O) groups is 1. The molecule has 0 aromatic heterocycles. The van der Waals surface area contributed by atoms with Gasteiger partial charge < -0.3 is 14.8 Å². The SMILES string of the molecule is COc1ccc(/C=C(\C#N)C(=O)Nc2ccccc2Cl)c(OCc2cccc3ccccc23)c1. The summed E-state index contributed by atoms with van der Waals surface area (Å²) in [5.41, 5.74) is 1.94. The van der Waals surface area contributed by atoms with Gasteiger partial charge in [-0.3, -0.25) is 4.79 Å². The monoisotopic (exact) mass is 468 g/mol. The number of ether oxygens (including phenoxy) is 2. The van der Waals surface area contributed by atoms with Gasteiger partial charge in [0.05, 0.1) is 17.8 Å². The van der Waals surface area contributed by atoms with Crippen molar-refractivity contribution in [1.82, 2.24) is 0 Å². The summed E-state index contributed by atoms with van der Waals surface area (Å²) in [6.07, 6.45) is 1.49. The second kappa shape index (κ2) is 10.6. The summed E-state index contributed by atoms with van der Waals surface area (Å²) in [5.74, 6) is 0.529. The van der Waals surface area contributed by atoms with Gasteiger partial charge in [0, 0.05) is 11.6 Å². The van der Waals surface area contributed by atoms with Gasteiger partial charge >= 0.3 is 0 Å². The number of nitriles is 1. The Bertz CT molecular complexity index is 1420. The van der Waals surface area contributed by atoms with Crippen LogP contribution in [0.25, 0.3) is 16.8 Å². The maximum Gasteiger partial charge on any atom is 0.266 e. The average molecular weight is 469 g/mol. The molecule has 0 aliphatic heterocycles. The minimum atomic E-state index is -0.563. The number of methoxy groups -OCH3 is 1. The van der Waals surface area contributed by atoms with Crippen LogP contribution in [-0.4, -0.2) is 13.0 Å². The first-order chi connectivity index (χ1) is 16.6. The molecule has 6 heteroatoms. The smallest absolute Gasteiger partial charge is 0.266 e. The molecule has 0 atom stereocenters. The van der Waals surface area contributed by atoms with E-state index in [9.17, 15) is 10.1 Å². The van der Waals surface area contributed by atoms with Crippen molar-refractivity contribution in [2.45, 2.75) is 6.61 Å². The largest absolute Gasteiger partial charge is 0.497 e. The van der Waals surface area contributed by atoms with Crippen molar-refractivity contribution >= 4 is 40.0 Å². The first-order valence-electron chi connectivity index (χ1n) is 10.5. The van der Waals surface area contributed by atoms with E-state index in [1.54, 1.807) is 49.6 Å². The number of amides is 1. The van der Waals surface area contributed by atoms with Crippen molar-refractivity contribution in [3.63, 3.8) is 0 Å². The van der Waals surface area contributed by atoms with Crippen LogP contribution in [-0.2, 0) is 11.4 Å². The highest BCUT2D eigenvalue weighted by Gasteiger charge is 2.14. The fraction of sp³-hybridized carbons (Fsp3) is 0.0714. The van der Waals surface area contributed by atoms with Gasteiger partial charge in [0.2, 0.25) is 0 Å². The third-order valence-corrected chi connectivity index (χ3v) is 5.60. The third kappa shape index (κ3) is 5.20. The van der Waals surface area contributed by atoms with Crippen molar-refractivity contribution in [3.8, 4) is 17.6 Å². The summed E-state index contributed by atoms with van der Waals surface area (Å²) in [4.78, 5) is 12.7. The predicted octanol–water partition coefficient (Wildman–Crippen LogP) is 6.63. The Morgan fingerprint density at radius 1 is 1.03 bits per heavy atom. The molecule has 4 aromatic carbocycles. The number of carbonyl (C=O) groups excluding carboxylic acids is 1. The van der Waals surface area contributed by atoms with Gasteiger partial charge in [-0.25, -0.2) is 0 Å². The fourth-order valence-corrected chi connectivity index (χ4v) is 3.70. The average Bonchev–Trinajstić information content (AvgIpc) is 2.87. The van der Waals surface area contributed by atoms with Crippen molar-refractivity contribution in [2.24, 2.45) is 0 Å². The Morgan fingerprint density at radius 2 is 1.79 bits per heavy atom. The normalized spacial score (nSPS) is 11.0. The number of halogens is 1. The summed E-state index contributed by atoms with van der Waals surface area (Å²) in [6.45, 7) is 0.309. The van der Waals surface area contributed by atoms with Crippen LogP contribution < -0.4 is 14.8 Å². The highest BCUT2D eigenvalue weighted by Crippen LogP contribution is 2.29. The molecule has 0 heterocycles. The number of nitrogens with zero attached hydrogens (tertiary/aromatic N) is 1. The number of hydrogen-bond donors (Lipinski definition) is 1. The van der Waals surface area contributed by atoms with Gasteiger partial charge in [0.25, 0.3) is 5.91 Å². The van der Waals surface area contributed by atoms with Crippen LogP contribution in [0.5, 0.6) is 11.5 Å². The van der Waals surface area contributed by atoms with Crippen molar-refractivity contribution in [1.29, 1.82) is 5.26 Å². The van der Waals surface area contributed by atoms with Crippen LogP contribution in [0.1, 0.15) is 11.1 Å². The molecule has 4 rings (SSSR count). The Labute approximate surface area is 202 Å². The fourth-order valence-electron chi connectivity index (χ4n) is 3.52. The maximum atomic E-state index is 12.7. The lowest BCUT2D eigenvalue weighted by atomic mass is 10.1. The Kier molecular flexibility index (Phi) is 7.12. The molecule has 0 aliphatic rings. The zero-order valence-electron chi connectivity index (χ0n) is 18.4.